The molecule has 0 aliphatic carbocycles. The highest BCUT2D eigenvalue weighted by molar-refractivity contribution is 6.05. The van der Waals surface area contributed by atoms with Crippen molar-refractivity contribution >= 4 is 17.5 Å². The van der Waals surface area contributed by atoms with Crippen molar-refractivity contribution in [3.63, 3.8) is 0 Å². The maximum Gasteiger partial charge on any atom is 0.416 e. The molecule has 0 aromatic heterocycles. The van der Waals surface area contributed by atoms with Gasteiger partial charge in [0.2, 0.25) is 0 Å². The van der Waals surface area contributed by atoms with Crippen LogP contribution in [-0.2, 0) is 11.7 Å². The zero-order valence-electron chi connectivity index (χ0n) is 21.7. The van der Waals surface area contributed by atoms with Gasteiger partial charge in [-0.2, -0.15) is 13.2 Å². The molecule has 0 saturated carbocycles. The highest BCUT2D eigenvalue weighted by atomic mass is 19.4. The van der Waals surface area contributed by atoms with Crippen LogP contribution in [0.3, 0.4) is 0 Å². The van der Waals surface area contributed by atoms with Crippen molar-refractivity contribution in [1.29, 1.82) is 0 Å². The molecule has 1 aliphatic rings. The normalized spacial score (nSPS) is 14.9. The number of likely N-dealkylation sites (tertiary alicyclic amines) is 1. The van der Waals surface area contributed by atoms with E-state index in [2.05, 4.69) is 5.32 Å². The average Bonchev–Trinajstić information content (AvgIpc) is 2.89. The fourth-order valence-electron chi connectivity index (χ4n) is 4.68. The number of carbonyl (C=O) groups is 2. The quantitative estimate of drug-likeness (QED) is 0.402. The van der Waals surface area contributed by atoms with Gasteiger partial charge in [-0.3, -0.25) is 9.59 Å². The van der Waals surface area contributed by atoms with Crippen LogP contribution in [0.2, 0.25) is 0 Å². The molecule has 0 spiro atoms. The van der Waals surface area contributed by atoms with Crippen LogP contribution in [0.5, 0.6) is 0 Å². The molecule has 2 amide bonds. The molecule has 38 heavy (non-hydrogen) atoms. The van der Waals surface area contributed by atoms with Crippen molar-refractivity contribution in [3.05, 3.63) is 100 Å². The molecule has 8 heteroatoms. The largest absolute Gasteiger partial charge is 0.416 e. The van der Waals surface area contributed by atoms with Gasteiger partial charge < -0.3 is 16.0 Å². The average molecular weight is 524 g/mol. The summed E-state index contributed by atoms with van der Waals surface area (Å²) in [5, 5.41) is 2.91. The number of nitrogens with two attached hydrogens (primary N) is 1. The Labute approximate surface area is 220 Å². The van der Waals surface area contributed by atoms with Crippen molar-refractivity contribution in [2.24, 2.45) is 5.73 Å². The van der Waals surface area contributed by atoms with E-state index in [0.29, 0.717) is 42.7 Å². The molecule has 3 N–H and O–H groups in total. The molecule has 0 radical (unpaired) electrons. The van der Waals surface area contributed by atoms with Gasteiger partial charge in [-0.05, 0) is 92.6 Å². The fraction of sp³-hybridized carbons (Fsp3) is 0.333. The predicted octanol–water partition coefficient (Wildman–Crippen LogP) is 6.48. The molecule has 5 nitrogen and oxygen atoms in total. The Hall–Kier alpha value is -3.65. The number of nitrogens with zero attached hydrogens (tertiary/aromatic N) is 1. The van der Waals surface area contributed by atoms with Crippen molar-refractivity contribution in [3.8, 4) is 0 Å². The summed E-state index contributed by atoms with van der Waals surface area (Å²) in [6, 6.07) is 17.6. The van der Waals surface area contributed by atoms with Crippen LogP contribution >= 0.6 is 0 Å². The van der Waals surface area contributed by atoms with Crippen molar-refractivity contribution in [2.75, 3.05) is 18.4 Å². The first-order valence-electron chi connectivity index (χ1n) is 12.6. The number of amides is 2. The van der Waals surface area contributed by atoms with Crippen LogP contribution in [-0.4, -0.2) is 29.8 Å². The van der Waals surface area contributed by atoms with Crippen molar-refractivity contribution in [2.45, 2.75) is 51.2 Å². The number of benzene rings is 3. The molecule has 1 heterocycles. The monoisotopic (exact) mass is 523 g/mol. The lowest BCUT2D eigenvalue weighted by Crippen LogP contribution is -2.38. The first-order chi connectivity index (χ1) is 17.8. The number of anilines is 1. The van der Waals surface area contributed by atoms with E-state index in [9.17, 15) is 22.8 Å². The van der Waals surface area contributed by atoms with Gasteiger partial charge in [0.15, 0.2) is 0 Å². The van der Waals surface area contributed by atoms with Gasteiger partial charge in [-0.25, -0.2) is 0 Å². The van der Waals surface area contributed by atoms with Crippen molar-refractivity contribution in [1.82, 2.24) is 4.90 Å². The van der Waals surface area contributed by atoms with Gasteiger partial charge in [0.05, 0.1) is 5.56 Å². The number of rotatable bonds is 5. The highest BCUT2D eigenvalue weighted by Gasteiger charge is 2.31. The summed E-state index contributed by atoms with van der Waals surface area (Å²) in [5.41, 5.74) is 9.07. The van der Waals surface area contributed by atoms with E-state index in [0.717, 1.165) is 28.8 Å². The molecule has 1 fully saturated rings. The van der Waals surface area contributed by atoms with Crippen molar-refractivity contribution < 1.29 is 22.8 Å². The summed E-state index contributed by atoms with van der Waals surface area (Å²) in [6.45, 7) is 6.66. The van der Waals surface area contributed by atoms with E-state index < -0.39 is 17.3 Å². The predicted molar refractivity (Wildman–Crippen MR) is 142 cm³/mol. The minimum Gasteiger partial charge on any atom is -0.339 e. The first kappa shape index (κ1) is 27.4. The molecule has 1 saturated heterocycles. The van der Waals surface area contributed by atoms with Crippen LogP contribution in [0, 0.1) is 6.92 Å². The SMILES string of the molecule is Cc1ccc(C(=O)N2CCC(c3ccc(C(F)(F)F)cc3)CC2)cc1NC(=O)c1ccc(C(C)(C)N)cc1. The Morgan fingerprint density at radius 2 is 1.42 bits per heavy atom. The van der Waals surface area contributed by atoms with Crippen LogP contribution in [0.25, 0.3) is 0 Å². The molecule has 4 rings (SSSR count). The summed E-state index contributed by atoms with van der Waals surface area (Å²) in [7, 11) is 0. The summed E-state index contributed by atoms with van der Waals surface area (Å²) in [4.78, 5) is 27.8. The molecule has 0 atom stereocenters. The Morgan fingerprint density at radius 1 is 0.868 bits per heavy atom. The number of halogens is 3. The highest BCUT2D eigenvalue weighted by Crippen LogP contribution is 2.33. The maximum absolute atomic E-state index is 13.2. The number of aryl methyl sites for hydroxylation is 1. The topological polar surface area (TPSA) is 75.4 Å². The van der Waals surface area contributed by atoms with Crippen LogP contribution in [0.15, 0.2) is 66.7 Å². The van der Waals surface area contributed by atoms with E-state index in [-0.39, 0.29) is 17.7 Å². The van der Waals surface area contributed by atoms with Gasteiger partial charge in [0, 0.05) is 35.4 Å². The number of piperidine rings is 1. The number of alkyl halides is 3. The lowest BCUT2D eigenvalue weighted by atomic mass is 9.88. The van der Waals surface area contributed by atoms with Gasteiger partial charge in [-0.15, -0.1) is 0 Å². The van der Waals surface area contributed by atoms with Gasteiger partial charge in [0.1, 0.15) is 0 Å². The second-order valence-electron chi connectivity index (χ2n) is 10.5. The summed E-state index contributed by atoms with van der Waals surface area (Å²) in [6.07, 6.45) is -3.02. The lowest BCUT2D eigenvalue weighted by Gasteiger charge is -2.32. The third-order valence-corrected chi connectivity index (χ3v) is 7.12. The maximum atomic E-state index is 13.2. The molecule has 200 valence electrons. The lowest BCUT2D eigenvalue weighted by molar-refractivity contribution is -0.137. The number of hydrogen-bond donors (Lipinski definition) is 2. The van der Waals surface area contributed by atoms with E-state index in [1.807, 2.05) is 32.9 Å². The second kappa shape index (κ2) is 10.6. The zero-order valence-corrected chi connectivity index (χ0v) is 21.7. The Kier molecular flexibility index (Phi) is 7.65. The first-order valence-corrected chi connectivity index (χ1v) is 12.6. The summed E-state index contributed by atoms with van der Waals surface area (Å²) >= 11 is 0. The van der Waals surface area contributed by atoms with Crippen LogP contribution in [0.4, 0.5) is 18.9 Å². The summed E-state index contributed by atoms with van der Waals surface area (Å²) in [5.74, 6) is -0.317. The van der Waals surface area contributed by atoms with Gasteiger partial charge >= 0.3 is 6.18 Å². The van der Waals surface area contributed by atoms with Crippen LogP contribution < -0.4 is 11.1 Å². The van der Waals surface area contributed by atoms with Crippen LogP contribution in [0.1, 0.15) is 75.6 Å². The molecular formula is C30H32F3N3O2. The fourth-order valence-corrected chi connectivity index (χ4v) is 4.68. The third kappa shape index (κ3) is 6.25. The standard InChI is InChI=1S/C30H32F3N3O2/c1-19-4-5-23(18-26(19)35-27(37)22-8-10-24(11-9-22)29(2,3)34)28(38)36-16-14-21(15-17-36)20-6-12-25(13-7-20)30(31,32)33/h4-13,18,21H,14-17,34H2,1-3H3,(H,35,37). The minimum atomic E-state index is -4.35. The third-order valence-electron chi connectivity index (χ3n) is 7.12. The van der Waals surface area contributed by atoms with Gasteiger partial charge in [-0.1, -0.05) is 30.3 Å². The number of nitrogens with one attached hydrogen (secondary N) is 1. The molecule has 1 aliphatic heterocycles. The Balaban J connectivity index is 1.40. The second-order valence-corrected chi connectivity index (χ2v) is 10.5. The summed E-state index contributed by atoms with van der Waals surface area (Å²) < 4.78 is 38.6. The molecule has 3 aromatic carbocycles. The minimum absolute atomic E-state index is 0.102. The molecule has 0 bridgehead atoms. The molecular weight excluding hydrogens is 491 g/mol. The van der Waals surface area contributed by atoms with E-state index >= 15 is 0 Å². The zero-order chi connectivity index (χ0) is 27.7. The van der Waals surface area contributed by atoms with E-state index in [1.165, 1.54) is 12.1 Å². The Bertz CT molecular complexity index is 1300. The number of carbonyl (C=O) groups excluding carboxylic acids is 2. The van der Waals surface area contributed by atoms with E-state index in [1.54, 1.807) is 35.2 Å². The van der Waals surface area contributed by atoms with E-state index in [4.69, 9.17) is 5.73 Å². The Morgan fingerprint density at radius 3 is 1.97 bits per heavy atom. The molecule has 0 unspecified atom stereocenters. The van der Waals surface area contributed by atoms with Gasteiger partial charge in [0.25, 0.3) is 11.8 Å². The number of hydrogen-bond acceptors (Lipinski definition) is 3. The molecule has 3 aromatic rings. The smallest absolute Gasteiger partial charge is 0.339 e.